The normalized spacial score (nSPS) is 17.4. The highest BCUT2D eigenvalue weighted by atomic mass is 35.5. The lowest BCUT2D eigenvalue weighted by Crippen LogP contribution is -2.43. The second-order valence-electron chi connectivity index (χ2n) is 8.37. The number of imide groups is 1. The van der Waals surface area contributed by atoms with Crippen LogP contribution in [0.15, 0.2) is 18.2 Å². The van der Waals surface area contributed by atoms with Crippen LogP contribution in [0.3, 0.4) is 0 Å². The smallest absolute Gasteiger partial charge is 0.327 e. The number of carbonyl (C=O) groups excluding carboxylic acids is 4. The molecule has 0 saturated carbocycles. The number of aliphatic hydroxyl groups is 1. The minimum absolute atomic E-state index is 0.0351. The Morgan fingerprint density at radius 2 is 2.03 bits per heavy atom. The molecule has 2 aromatic rings. The van der Waals surface area contributed by atoms with Gasteiger partial charge in [-0.3, -0.25) is 19.3 Å². The van der Waals surface area contributed by atoms with E-state index in [9.17, 15) is 24.3 Å². The molecule has 0 spiro atoms. The number of aryl methyl sites for hydroxylation is 1. The predicted molar refractivity (Wildman–Crippen MR) is 126 cm³/mol. The van der Waals surface area contributed by atoms with E-state index in [1.54, 1.807) is 38.1 Å². The summed E-state index contributed by atoms with van der Waals surface area (Å²) in [4.78, 5) is 54.5. The van der Waals surface area contributed by atoms with Gasteiger partial charge in [0.05, 0.1) is 23.8 Å². The van der Waals surface area contributed by atoms with Gasteiger partial charge < -0.3 is 25.6 Å². The Labute approximate surface area is 200 Å². The first-order valence-corrected chi connectivity index (χ1v) is 11.0. The quantitative estimate of drug-likeness (QED) is 0.365. The average Bonchev–Trinajstić information content (AvgIpc) is 3.32. The molecule has 4 rings (SSSR count). The van der Waals surface area contributed by atoms with Crippen molar-refractivity contribution in [2.45, 2.75) is 20.0 Å². The fourth-order valence-electron chi connectivity index (χ4n) is 4.13. The highest BCUT2D eigenvalue weighted by molar-refractivity contribution is 6.36. The number of H-pyrrole nitrogens is 1. The number of carbonyl (C=O) groups is 4. The maximum Gasteiger partial charge on any atom is 0.327 e. The molecule has 0 unspecified atom stereocenters. The Balaban J connectivity index is 1.48. The summed E-state index contributed by atoms with van der Waals surface area (Å²) in [5.41, 5.74) is 3.97. The number of aromatic amines is 1. The van der Waals surface area contributed by atoms with Crippen molar-refractivity contribution < 1.29 is 24.3 Å². The molecule has 178 valence electrons. The zero-order chi connectivity index (χ0) is 24.7. The molecule has 1 saturated heterocycles. The number of nitrogens with zero attached hydrogens (tertiary/aromatic N) is 2. The molecule has 0 aliphatic carbocycles. The molecule has 0 bridgehead atoms. The number of hydrogen-bond donors (Lipinski definition) is 4. The molecule has 1 aromatic heterocycles. The number of fused-ring (bicyclic) bond motifs is 1. The first-order chi connectivity index (χ1) is 16.1. The van der Waals surface area contributed by atoms with Crippen molar-refractivity contribution >= 4 is 52.7 Å². The maximum atomic E-state index is 12.9. The van der Waals surface area contributed by atoms with E-state index in [1.807, 2.05) is 0 Å². The third-order valence-electron chi connectivity index (χ3n) is 5.88. The topological polar surface area (TPSA) is 135 Å². The van der Waals surface area contributed by atoms with Crippen LogP contribution in [0.4, 0.5) is 10.5 Å². The van der Waals surface area contributed by atoms with Crippen LogP contribution in [-0.4, -0.2) is 76.4 Å². The van der Waals surface area contributed by atoms with E-state index in [0.29, 0.717) is 44.4 Å². The van der Waals surface area contributed by atoms with E-state index < -0.39 is 23.9 Å². The first-order valence-electron chi connectivity index (χ1n) is 10.6. The van der Waals surface area contributed by atoms with Gasteiger partial charge in [-0.05, 0) is 43.7 Å². The van der Waals surface area contributed by atoms with Crippen LogP contribution < -0.4 is 10.6 Å². The number of aliphatic hydroxyl groups excluding tert-OH is 1. The summed E-state index contributed by atoms with van der Waals surface area (Å²) in [6, 6.07) is 4.64. The van der Waals surface area contributed by atoms with Crippen LogP contribution in [0.2, 0.25) is 5.02 Å². The molecule has 3 heterocycles. The number of hydrogen-bond acceptors (Lipinski definition) is 5. The first kappa shape index (κ1) is 23.5. The zero-order valence-electron chi connectivity index (χ0n) is 18.9. The van der Waals surface area contributed by atoms with Gasteiger partial charge in [0.1, 0.15) is 6.54 Å². The Bertz CT molecular complexity index is 1250. The summed E-state index contributed by atoms with van der Waals surface area (Å²) in [7, 11) is 1.50. The van der Waals surface area contributed by atoms with Crippen molar-refractivity contribution in [1.29, 1.82) is 0 Å². The Hall–Kier alpha value is -3.63. The van der Waals surface area contributed by atoms with E-state index in [-0.39, 0.29) is 25.5 Å². The summed E-state index contributed by atoms with van der Waals surface area (Å²) in [6.07, 6.45) is 0.556. The van der Waals surface area contributed by atoms with Gasteiger partial charge in [0.2, 0.25) is 5.91 Å². The molecular weight excluding hydrogens is 462 g/mol. The van der Waals surface area contributed by atoms with Gasteiger partial charge >= 0.3 is 6.03 Å². The van der Waals surface area contributed by atoms with Gasteiger partial charge in [-0.15, -0.1) is 0 Å². The lowest BCUT2D eigenvalue weighted by atomic mass is 10.0. The number of anilines is 1. The number of urea groups is 1. The van der Waals surface area contributed by atoms with Crippen LogP contribution in [0.25, 0.3) is 11.6 Å². The Kier molecular flexibility index (Phi) is 6.20. The van der Waals surface area contributed by atoms with Crippen LogP contribution in [0, 0.1) is 13.8 Å². The Morgan fingerprint density at radius 3 is 2.71 bits per heavy atom. The van der Waals surface area contributed by atoms with E-state index in [2.05, 4.69) is 15.6 Å². The van der Waals surface area contributed by atoms with Crippen molar-refractivity contribution in [3.63, 3.8) is 0 Å². The number of β-amino-alcohol motifs (C(OH)–C–C–N with tert-alkyl or cyclic N) is 1. The fourth-order valence-corrected chi connectivity index (χ4v) is 4.30. The number of halogens is 1. The standard InChI is InChI=1S/C23H24ClN5O5/c1-11-18(7-16-15-6-13(24)4-5-17(15)27-21(16)32)26-12(2)20(11)22(33)25-8-14(30)9-29-19(31)10-28(3)23(29)34/h4-7,14,26,30H,8-10H2,1-3H3,(H,25,33)(H,27,32)/b16-7-/t14-/m0/s1. The highest BCUT2D eigenvalue weighted by Gasteiger charge is 2.34. The SMILES string of the molecule is Cc1[nH]c(/C=C2\C(=O)Nc3ccc(Cl)cc32)c(C)c1C(=O)NC[C@H](O)CN1C(=O)CN(C)C1=O. The molecule has 10 nitrogen and oxygen atoms in total. The van der Waals surface area contributed by atoms with Crippen molar-refractivity contribution in [1.82, 2.24) is 20.1 Å². The minimum Gasteiger partial charge on any atom is -0.389 e. The molecular formula is C23H24ClN5O5. The molecule has 1 fully saturated rings. The summed E-state index contributed by atoms with van der Waals surface area (Å²) < 4.78 is 0. The third kappa shape index (κ3) is 4.29. The van der Waals surface area contributed by atoms with Crippen molar-refractivity contribution in [2.24, 2.45) is 0 Å². The number of rotatable bonds is 6. The number of benzene rings is 1. The second-order valence-corrected chi connectivity index (χ2v) is 8.81. The fraction of sp³-hybridized carbons (Fsp3) is 0.304. The number of amides is 5. The molecule has 2 aliphatic rings. The summed E-state index contributed by atoms with van der Waals surface area (Å²) in [6.45, 7) is 3.10. The van der Waals surface area contributed by atoms with Crippen LogP contribution in [-0.2, 0) is 9.59 Å². The summed E-state index contributed by atoms with van der Waals surface area (Å²) in [5, 5.41) is 16.2. The monoisotopic (exact) mass is 485 g/mol. The van der Waals surface area contributed by atoms with Crippen molar-refractivity contribution in [3.8, 4) is 0 Å². The lowest BCUT2D eigenvalue weighted by Gasteiger charge is -2.18. The van der Waals surface area contributed by atoms with E-state index >= 15 is 0 Å². The number of aromatic nitrogens is 1. The molecule has 1 aromatic carbocycles. The van der Waals surface area contributed by atoms with E-state index in [1.165, 1.54) is 11.9 Å². The zero-order valence-corrected chi connectivity index (χ0v) is 19.6. The summed E-state index contributed by atoms with van der Waals surface area (Å²) >= 11 is 6.09. The maximum absolute atomic E-state index is 12.9. The van der Waals surface area contributed by atoms with Gasteiger partial charge in [0.25, 0.3) is 11.8 Å². The van der Waals surface area contributed by atoms with E-state index in [4.69, 9.17) is 11.6 Å². The molecule has 4 N–H and O–H groups in total. The van der Waals surface area contributed by atoms with Crippen LogP contribution >= 0.6 is 11.6 Å². The van der Waals surface area contributed by atoms with Crippen LogP contribution in [0.5, 0.6) is 0 Å². The van der Waals surface area contributed by atoms with Gasteiger partial charge in [-0.25, -0.2) is 4.79 Å². The van der Waals surface area contributed by atoms with E-state index in [0.717, 1.165) is 4.90 Å². The highest BCUT2D eigenvalue weighted by Crippen LogP contribution is 2.35. The molecule has 34 heavy (non-hydrogen) atoms. The van der Waals surface area contributed by atoms with Gasteiger partial charge in [-0.2, -0.15) is 0 Å². The number of nitrogens with one attached hydrogen (secondary N) is 3. The molecule has 1 atom stereocenters. The van der Waals surface area contributed by atoms with Crippen LogP contribution in [0.1, 0.15) is 32.9 Å². The van der Waals surface area contributed by atoms with Crippen molar-refractivity contribution in [3.05, 3.63) is 51.3 Å². The Morgan fingerprint density at radius 1 is 1.29 bits per heavy atom. The average molecular weight is 486 g/mol. The predicted octanol–water partition coefficient (Wildman–Crippen LogP) is 1.76. The second kappa shape index (κ2) is 8.96. The molecule has 2 aliphatic heterocycles. The van der Waals surface area contributed by atoms with Gasteiger partial charge in [-0.1, -0.05) is 11.6 Å². The van der Waals surface area contributed by atoms with Gasteiger partial charge in [0.15, 0.2) is 0 Å². The molecule has 5 amide bonds. The minimum atomic E-state index is -1.12. The lowest BCUT2D eigenvalue weighted by molar-refractivity contribution is -0.126. The van der Waals surface area contributed by atoms with Gasteiger partial charge in [0, 0.05) is 41.3 Å². The van der Waals surface area contributed by atoms with Crippen molar-refractivity contribution in [2.75, 3.05) is 32.0 Å². The molecule has 0 radical (unpaired) electrons. The third-order valence-corrected chi connectivity index (χ3v) is 6.11. The largest absolute Gasteiger partial charge is 0.389 e. The number of likely N-dealkylation sites (N-methyl/N-ethyl adjacent to an activating group) is 1. The molecule has 11 heteroatoms. The summed E-state index contributed by atoms with van der Waals surface area (Å²) in [5.74, 6) is -1.09.